The van der Waals surface area contributed by atoms with Crippen molar-refractivity contribution in [2.24, 2.45) is 0 Å². The number of halogens is 1. The minimum Gasteiger partial charge on any atom is -0.396 e. The van der Waals surface area contributed by atoms with Gasteiger partial charge in [0.05, 0.1) is 6.42 Å². The minimum absolute atomic E-state index is 0.0319. The molecule has 0 saturated heterocycles. The zero-order chi connectivity index (χ0) is 23.5. The van der Waals surface area contributed by atoms with Gasteiger partial charge in [-0.25, -0.2) is 4.39 Å². The van der Waals surface area contributed by atoms with E-state index in [1.807, 2.05) is 60.7 Å². The Hall–Kier alpha value is -3.51. The Balaban J connectivity index is 1.91. The van der Waals surface area contributed by atoms with Crippen LogP contribution in [0.2, 0.25) is 0 Å². The average Bonchev–Trinajstić information content (AvgIpc) is 2.84. The van der Waals surface area contributed by atoms with E-state index < -0.39 is 6.04 Å². The fourth-order valence-corrected chi connectivity index (χ4v) is 3.62. The SMILES string of the molecule is O=C(NCCCO)[C@H](Cc1ccccc1)N(Cc1ccc(F)cc1)C(=O)Cc1ccccc1. The van der Waals surface area contributed by atoms with E-state index in [0.29, 0.717) is 19.4 Å². The van der Waals surface area contributed by atoms with Crippen molar-refractivity contribution < 1.29 is 19.1 Å². The summed E-state index contributed by atoms with van der Waals surface area (Å²) in [5.74, 6) is -0.830. The van der Waals surface area contributed by atoms with Gasteiger partial charge in [-0.15, -0.1) is 0 Å². The first-order chi connectivity index (χ1) is 16.1. The highest BCUT2D eigenvalue weighted by Gasteiger charge is 2.30. The number of benzene rings is 3. The van der Waals surface area contributed by atoms with E-state index in [4.69, 9.17) is 5.11 Å². The molecule has 33 heavy (non-hydrogen) atoms. The number of aliphatic hydroxyl groups is 1. The third-order valence-electron chi connectivity index (χ3n) is 5.37. The van der Waals surface area contributed by atoms with Crippen molar-refractivity contribution in [1.29, 1.82) is 0 Å². The zero-order valence-electron chi connectivity index (χ0n) is 18.5. The van der Waals surface area contributed by atoms with E-state index in [2.05, 4.69) is 5.32 Å². The Morgan fingerprint density at radius 1 is 0.848 bits per heavy atom. The second-order valence-corrected chi connectivity index (χ2v) is 7.88. The van der Waals surface area contributed by atoms with Gasteiger partial charge in [-0.2, -0.15) is 0 Å². The highest BCUT2D eigenvalue weighted by molar-refractivity contribution is 5.88. The maximum atomic E-state index is 13.5. The van der Waals surface area contributed by atoms with Crippen LogP contribution in [-0.4, -0.2) is 41.0 Å². The quantitative estimate of drug-likeness (QED) is 0.441. The molecule has 0 unspecified atom stereocenters. The highest BCUT2D eigenvalue weighted by Crippen LogP contribution is 2.17. The van der Waals surface area contributed by atoms with Gasteiger partial charge in [0.2, 0.25) is 11.8 Å². The summed E-state index contributed by atoms with van der Waals surface area (Å²) in [4.78, 5) is 28.3. The number of hydrogen-bond acceptors (Lipinski definition) is 3. The predicted octanol–water partition coefficient (Wildman–Crippen LogP) is 3.51. The first-order valence-electron chi connectivity index (χ1n) is 11.1. The van der Waals surface area contributed by atoms with E-state index in [-0.39, 0.29) is 37.2 Å². The lowest BCUT2D eigenvalue weighted by Crippen LogP contribution is -2.51. The molecule has 5 nitrogen and oxygen atoms in total. The van der Waals surface area contributed by atoms with Gasteiger partial charge in [-0.05, 0) is 35.2 Å². The highest BCUT2D eigenvalue weighted by atomic mass is 19.1. The van der Waals surface area contributed by atoms with Crippen LogP contribution in [0.1, 0.15) is 23.1 Å². The van der Waals surface area contributed by atoms with Gasteiger partial charge in [0.15, 0.2) is 0 Å². The Morgan fingerprint density at radius 2 is 1.45 bits per heavy atom. The van der Waals surface area contributed by atoms with Crippen molar-refractivity contribution >= 4 is 11.8 Å². The van der Waals surface area contributed by atoms with Crippen LogP contribution in [0, 0.1) is 5.82 Å². The number of amides is 2. The van der Waals surface area contributed by atoms with E-state index in [0.717, 1.165) is 16.7 Å². The number of rotatable bonds is 11. The fourth-order valence-electron chi connectivity index (χ4n) is 3.62. The average molecular weight is 449 g/mol. The summed E-state index contributed by atoms with van der Waals surface area (Å²) in [6.07, 6.45) is 0.921. The largest absolute Gasteiger partial charge is 0.396 e. The molecular formula is C27H29FN2O3. The molecule has 0 heterocycles. The lowest BCUT2D eigenvalue weighted by atomic mass is 10.0. The molecule has 2 amide bonds. The van der Waals surface area contributed by atoms with Crippen molar-refractivity contribution in [3.05, 3.63) is 107 Å². The lowest BCUT2D eigenvalue weighted by Gasteiger charge is -2.31. The molecule has 6 heteroatoms. The summed E-state index contributed by atoms with van der Waals surface area (Å²) in [5, 5.41) is 11.9. The van der Waals surface area contributed by atoms with Crippen LogP contribution in [0.4, 0.5) is 4.39 Å². The first-order valence-corrected chi connectivity index (χ1v) is 11.1. The number of aliphatic hydroxyl groups excluding tert-OH is 1. The molecule has 0 saturated carbocycles. The molecular weight excluding hydrogens is 419 g/mol. The molecule has 0 aliphatic carbocycles. The van der Waals surface area contributed by atoms with Crippen molar-refractivity contribution in [2.75, 3.05) is 13.2 Å². The number of hydrogen-bond donors (Lipinski definition) is 2. The molecule has 0 aliphatic heterocycles. The summed E-state index contributed by atoms with van der Waals surface area (Å²) in [7, 11) is 0. The van der Waals surface area contributed by atoms with Gasteiger partial charge in [-0.3, -0.25) is 9.59 Å². The maximum Gasteiger partial charge on any atom is 0.243 e. The van der Waals surface area contributed by atoms with Gasteiger partial charge in [0, 0.05) is 26.1 Å². The molecule has 0 spiro atoms. The topological polar surface area (TPSA) is 69.6 Å². The van der Waals surface area contributed by atoms with Gasteiger partial charge in [0.25, 0.3) is 0 Å². The van der Waals surface area contributed by atoms with Crippen LogP contribution in [0.5, 0.6) is 0 Å². The molecule has 0 bridgehead atoms. The fraction of sp³-hybridized carbons (Fsp3) is 0.259. The number of carbonyl (C=O) groups excluding carboxylic acids is 2. The summed E-state index contributed by atoms with van der Waals surface area (Å²) in [6, 6.07) is 24.1. The molecule has 2 N–H and O–H groups in total. The van der Waals surface area contributed by atoms with Crippen LogP contribution < -0.4 is 5.32 Å². The zero-order valence-corrected chi connectivity index (χ0v) is 18.5. The van der Waals surface area contributed by atoms with Gasteiger partial charge < -0.3 is 15.3 Å². The third-order valence-corrected chi connectivity index (χ3v) is 5.37. The van der Waals surface area contributed by atoms with Gasteiger partial charge in [-0.1, -0.05) is 72.8 Å². The summed E-state index contributed by atoms with van der Waals surface area (Å²) in [6.45, 7) is 0.463. The van der Waals surface area contributed by atoms with Crippen LogP contribution in [0.25, 0.3) is 0 Å². The van der Waals surface area contributed by atoms with Gasteiger partial charge in [0.1, 0.15) is 11.9 Å². The Morgan fingerprint density at radius 3 is 2.06 bits per heavy atom. The number of nitrogens with one attached hydrogen (secondary N) is 1. The summed E-state index contributed by atoms with van der Waals surface area (Å²) < 4.78 is 13.5. The van der Waals surface area contributed by atoms with Crippen molar-refractivity contribution in [1.82, 2.24) is 10.2 Å². The normalized spacial score (nSPS) is 11.6. The molecule has 1 atom stereocenters. The smallest absolute Gasteiger partial charge is 0.243 e. The standard InChI is InChI=1S/C27H29FN2O3/c28-24-14-12-23(13-15-24)20-30(26(32)19-22-10-5-2-6-11-22)25(27(33)29-16-7-17-31)18-21-8-3-1-4-9-21/h1-6,8-15,25,31H,7,16-20H2,(H,29,33)/t25-/m0/s1. The summed E-state index contributed by atoms with van der Waals surface area (Å²) >= 11 is 0. The maximum absolute atomic E-state index is 13.5. The molecule has 3 aromatic rings. The van der Waals surface area contributed by atoms with E-state index >= 15 is 0 Å². The number of carbonyl (C=O) groups is 2. The minimum atomic E-state index is -0.757. The van der Waals surface area contributed by atoms with E-state index in [1.165, 1.54) is 12.1 Å². The van der Waals surface area contributed by atoms with Crippen molar-refractivity contribution in [3.63, 3.8) is 0 Å². The predicted molar refractivity (Wildman–Crippen MR) is 126 cm³/mol. The van der Waals surface area contributed by atoms with Crippen molar-refractivity contribution in [2.45, 2.75) is 31.8 Å². The second kappa shape index (κ2) is 12.5. The monoisotopic (exact) mass is 448 g/mol. The second-order valence-electron chi connectivity index (χ2n) is 7.88. The molecule has 3 rings (SSSR count). The van der Waals surface area contributed by atoms with Crippen molar-refractivity contribution in [3.8, 4) is 0 Å². The Labute approximate surface area is 193 Å². The lowest BCUT2D eigenvalue weighted by molar-refractivity contribution is -0.140. The molecule has 3 aromatic carbocycles. The van der Waals surface area contributed by atoms with Crippen LogP contribution in [-0.2, 0) is 29.0 Å². The Bertz CT molecular complexity index is 1010. The molecule has 172 valence electrons. The Kier molecular flexibility index (Phi) is 9.15. The molecule has 0 aromatic heterocycles. The van der Waals surface area contributed by atoms with E-state index in [9.17, 15) is 14.0 Å². The summed E-state index contributed by atoms with van der Waals surface area (Å²) in [5.41, 5.74) is 2.52. The van der Waals surface area contributed by atoms with Crippen LogP contribution >= 0.6 is 0 Å². The first kappa shape index (κ1) is 24.1. The molecule has 0 fully saturated rings. The number of nitrogens with zero attached hydrogens (tertiary/aromatic N) is 1. The third kappa shape index (κ3) is 7.54. The van der Waals surface area contributed by atoms with Crippen LogP contribution in [0.3, 0.4) is 0 Å². The van der Waals surface area contributed by atoms with Crippen LogP contribution in [0.15, 0.2) is 84.9 Å². The van der Waals surface area contributed by atoms with Gasteiger partial charge >= 0.3 is 0 Å². The van der Waals surface area contributed by atoms with E-state index in [1.54, 1.807) is 17.0 Å². The molecule has 0 radical (unpaired) electrons. The molecule has 0 aliphatic rings.